The molecule has 0 heterocycles. The van der Waals surface area contributed by atoms with Gasteiger partial charge in [0.15, 0.2) is 0 Å². The Bertz CT molecular complexity index is 242. The first-order chi connectivity index (χ1) is 5.83. The molecule has 0 aromatic rings. The van der Waals surface area contributed by atoms with Crippen LogP contribution in [0.3, 0.4) is 0 Å². The summed E-state index contributed by atoms with van der Waals surface area (Å²) in [6.45, 7) is 2.22. The van der Waals surface area contributed by atoms with E-state index in [2.05, 4.69) is 11.8 Å². The van der Waals surface area contributed by atoms with Crippen molar-refractivity contribution in [2.24, 2.45) is 5.92 Å². The summed E-state index contributed by atoms with van der Waals surface area (Å²) in [6.07, 6.45) is 5.17. The van der Waals surface area contributed by atoms with Crippen molar-refractivity contribution in [1.29, 1.82) is 0 Å². The van der Waals surface area contributed by atoms with Gasteiger partial charge in [0.1, 0.15) is 6.61 Å². The number of hydrogen-bond acceptors (Lipinski definition) is 2. The first-order valence-electron chi connectivity index (χ1n) is 4.14. The summed E-state index contributed by atoms with van der Waals surface area (Å²) >= 11 is 0. The number of rotatable bonds is 3. The maximum absolute atomic E-state index is 10.8. The summed E-state index contributed by atoms with van der Waals surface area (Å²) in [7, 11) is 0. The molecule has 0 N–H and O–H groups in total. The van der Waals surface area contributed by atoms with E-state index in [1.807, 2.05) is 12.2 Å². The fourth-order valence-corrected chi connectivity index (χ4v) is 0.921. The van der Waals surface area contributed by atoms with Gasteiger partial charge in [0.05, 0.1) is 5.92 Å². The van der Waals surface area contributed by atoms with E-state index >= 15 is 0 Å². The zero-order chi connectivity index (χ0) is 8.81. The Morgan fingerprint density at radius 1 is 1.75 bits per heavy atom. The zero-order valence-electron chi connectivity index (χ0n) is 7.17. The van der Waals surface area contributed by atoms with Crippen LogP contribution < -0.4 is 0 Å². The van der Waals surface area contributed by atoms with Crippen molar-refractivity contribution >= 4 is 5.97 Å². The van der Waals surface area contributed by atoms with Gasteiger partial charge in [0.2, 0.25) is 0 Å². The zero-order valence-corrected chi connectivity index (χ0v) is 7.17. The second-order valence-corrected chi connectivity index (χ2v) is 2.66. The smallest absolute Gasteiger partial charge is 0.305 e. The Morgan fingerprint density at radius 3 is 3.17 bits per heavy atom. The molecule has 1 aliphatic carbocycles. The van der Waals surface area contributed by atoms with Crippen LogP contribution in [0.5, 0.6) is 0 Å². The van der Waals surface area contributed by atoms with E-state index < -0.39 is 0 Å². The lowest BCUT2D eigenvalue weighted by Gasteiger charge is -2.09. The van der Waals surface area contributed by atoms with E-state index in [0.29, 0.717) is 13.0 Å². The molecule has 0 aliphatic heterocycles. The molecule has 0 fully saturated rings. The summed E-state index contributed by atoms with van der Waals surface area (Å²) in [5, 5.41) is 0. The SMILES string of the molecule is CCC(=O)OCC1C#CC=CC1. The van der Waals surface area contributed by atoms with E-state index in [1.54, 1.807) is 6.92 Å². The maximum Gasteiger partial charge on any atom is 0.305 e. The number of allylic oxidation sites excluding steroid dienone is 2. The third kappa shape index (κ3) is 2.79. The third-order valence-corrected chi connectivity index (χ3v) is 1.64. The summed E-state index contributed by atoms with van der Waals surface area (Å²) < 4.78 is 4.96. The van der Waals surface area contributed by atoms with Gasteiger partial charge in [-0.05, 0) is 12.5 Å². The highest BCUT2D eigenvalue weighted by atomic mass is 16.5. The second kappa shape index (κ2) is 4.61. The fourth-order valence-electron chi connectivity index (χ4n) is 0.921. The lowest BCUT2D eigenvalue weighted by molar-refractivity contribution is -0.144. The molecule has 0 bridgehead atoms. The van der Waals surface area contributed by atoms with Crippen molar-refractivity contribution in [1.82, 2.24) is 0 Å². The van der Waals surface area contributed by atoms with E-state index in [9.17, 15) is 4.79 Å². The molecule has 0 saturated carbocycles. The monoisotopic (exact) mass is 164 g/mol. The van der Waals surface area contributed by atoms with Crippen LogP contribution in [0.1, 0.15) is 19.8 Å². The van der Waals surface area contributed by atoms with Crippen molar-refractivity contribution in [2.75, 3.05) is 6.61 Å². The summed E-state index contributed by atoms with van der Waals surface area (Å²) in [6, 6.07) is 0. The van der Waals surface area contributed by atoms with Crippen molar-refractivity contribution in [3.05, 3.63) is 12.2 Å². The van der Waals surface area contributed by atoms with Crippen LogP contribution in [0.15, 0.2) is 12.2 Å². The average Bonchev–Trinajstić information content (AvgIpc) is 2.16. The van der Waals surface area contributed by atoms with Gasteiger partial charge in [0.25, 0.3) is 0 Å². The molecule has 12 heavy (non-hydrogen) atoms. The molecule has 2 heteroatoms. The van der Waals surface area contributed by atoms with Gasteiger partial charge >= 0.3 is 5.97 Å². The quantitative estimate of drug-likeness (QED) is 0.467. The van der Waals surface area contributed by atoms with Crippen LogP contribution in [0.4, 0.5) is 0 Å². The molecule has 64 valence electrons. The molecular formula is C10H12O2. The molecule has 1 atom stereocenters. The first-order valence-corrected chi connectivity index (χ1v) is 4.14. The summed E-state index contributed by atoms with van der Waals surface area (Å²) in [5.41, 5.74) is 0. The van der Waals surface area contributed by atoms with Crippen molar-refractivity contribution < 1.29 is 9.53 Å². The molecule has 0 saturated heterocycles. The van der Waals surface area contributed by atoms with E-state index in [4.69, 9.17) is 4.74 Å². The number of esters is 1. The van der Waals surface area contributed by atoms with Crippen LogP contribution in [0, 0.1) is 17.8 Å². The van der Waals surface area contributed by atoms with Gasteiger partial charge in [-0.1, -0.05) is 24.8 Å². The van der Waals surface area contributed by atoms with Crippen LogP contribution in [-0.4, -0.2) is 12.6 Å². The van der Waals surface area contributed by atoms with E-state index in [-0.39, 0.29) is 11.9 Å². The molecule has 0 amide bonds. The molecule has 1 rings (SSSR count). The van der Waals surface area contributed by atoms with Crippen molar-refractivity contribution in [3.63, 3.8) is 0 Å². The van der Waals surface area contributed by atoms with Crippen LogP contribution in [-0.2, 0) is 9.53 Å². The van der Waals surface area contributed by atoms with Crippen LogP contribution in [0.25, 0.3) is 0 Å². The third-order valence-electron chi connectivity index (χ3n) is 1.64. The Kier molecular flexibility index (Phi) is 3.40. The van der Waals surface area contributed by atoms with Crippen LogP contribution in [0.2, 0.25) is 0 Å². The largest absolute Gasteiger partial charge is 0.464 e. The van der Waals surface area contributed by atoms with E-state index in [0.717, 1.165) is 6.42 Å². The minimum atomic E-state index is -0.147. The highest BCUT2D eigenvalue weighted by Crippen LogP contribution is 2.07. The highest BCUT2D eigenvalue weighted by molar-refractivity contribution is 5.68. The Labute approximate surface area is 72.6 Å². The molecule has 0 spiro atoms. The van der Waals surface area contributed by atoms with Crippen molar-refractivity contribution in [2.45, 2.75) is 19.8 Å². The number of hydrogen-bond donors (Lipinski definition) is 0. The predicted octanol–water partition coefficient (Wildman–Crippen LogP) is 1.52. The number of carbonyl (C=O) groups is 1. The van der Waals surface area contributed by atoms with Gasteiger partial charge in [0, 0.05) is 6.42 Å². The summed E-state index contributed by atoms with van der Waals surface area (Å²) in [4.78, 5) is 10.8. The normalized spacial score (nSPS) is 19.6. The van der Waals surface area contributed by atoms with Gasteiger partial charge in [-0.25, -0.2) is 0 Å². The number of carbonyl (C=O) groups excluding carboxylic acids is 1. The highest BCUT2D eigenvalue weighted by Gasteiger charge is 2.07. The van der Waals surface area contributed by atoms with Gasteiger partial charge in [-0.3, -0.25) is 4.79 Å². The Balaban J connectivity index is 2.22. The van der Waals surface area contributed by atoms with Gasteiger partial charge in [-0.15, -0.1) is 0 Å². The lowest BCUT2D eigenvalue weighted by Crippen LogP contribution is -2.12. The van der Waals surface area contributed by atoms with Gasteiger partial charge < -0.3 is 4.74 Å². The molecule has 0 radical (unpaired) electrons. The standard InChI is InChI=1S/C10H12O2/c1-2-10(11)12-8-9-6-4-3-5-7-9/h3-4,9H,2,6,8H2,1H3. The van der Waals surface area contributed by atoms with Gasteiger partial charge in [-0.2, -0.15) is 0 Å². The van der Waals surface area contributed by atoms with E-state index in [1.165, 1.54) is 0 Å². The molecule has 2 nitrogen and oxygen atoms in total. The number of ether oxygens (including phenoxy) is 1. The average molecular weight is 164 g/mol. The minimum absolute atomic E-state index is 0.147. The molecule has 0 aromatic carbocycles. The molecule has 0 aromatic heterocycles. The molecule has 1 aliphatic rings. The first kappa shape index (κ1) is 8.86. The predicted molar refractivity (Wildman–Crippen MR) is 46.3 cm³/mol. The molecule has 1 unspecified atom stereocenters. The Hall–Kier alpha value is -1.23. The Morgan fingerprint density at radius 2 is 2.58 bits per heavy atom. The van der Waals surface area contributed by atoms with Crippen molar-refractivity contribution in [3.8, 4) is 11.8 Å². The molecular weight excluding hydrogens is 152 g/mol. The second-order valence-electron chi connectivity index (χ2n) is 2.66. The lowest BCUT2D eigenvalue weighted by atomic mass is 10.0. The minimum Gasteiger partial charge on any atom is -0.464 e. The fraction of sp³-hybridized carbons (Fsp3) is 0.500. The topological polar surface area (TPSA) is 26.3 Å². The maximum atomic E-state index is 10.8. The summed E-state index contributed by atoms with van der Waals surface area (Å²) in [5.74, 6) is 5.89. The van der Waals surface area contributed by atoms with Crippen LogP contribution >= 0.6 is 0 Å².